The Morgan fingerprint density at radius 3 is 2.67 bits per heavy atom. The van der Waals surface area contributed by atoms with Crippen LogP contribution in [-0.2, 0) is 6.42 Å². The van der Waals surface area contributed by atoms with Crippen LogP contribution in [0.1, 0.15) is 24.6 Å². The van der Waals surface area contributed by atoms with E-state index in [2.05, 4.69) is 23.0 Å². The Morgan fingerprint density at radius 2 is 2.06 bits per heavy atom. The molecule has 0 bridgehead atoms. The van der Waals surface area contributed by atoms with Crippen LogP contribution in [0, 0.1) is 0 Å². The smallest absolute Gasteiger partial charge is 0.0924 e. The molecule has 0 atom stereocenters. The number of nitrogens with zero attached hydrogens (tertiary/aromatic N) is 1. The van der Waals surface area contributed by atoms with Crippen molar-refractivity contribution in [2.45, 2.75) is 19.8 Å². The Morgan fingerprint density at radius 1 is 1.33 bits per heavy atom. The van der Waals surface area contributed by atoms with Gasteiger partial charge in [0.2, 0.25) is 0 Å². The van der Waals surface area contributed by atoms with E-state index in [0.29, 0.717) is 0 Å². The number of benzene rings is 1. The van der Waals surface area contributed by atoms with Crippen LogP contribution < -0.4 is 0 Å². The predicted molar refractivity (Wildman–Crippen MR) is 77.0 cm³/mol. The Bertz CT molecular complexity index is 525. The number of rotatable bonds is 4. The van der Waals surface area contributed by atoms with Gasteiger partial charge in [0.05, 0.1) is 18.2 Å². The molecule has 0 unspecified atom stereocenters. The van der Waals surface area contributed by atoms with Crippen LogP contribution in [0.5, 0.6) is 0 Å². The highest BCUT2D eigenvalue weighted by molar-refractivity contribution is 6.35. The molecule has 1 N–H and O–H groups in total. The molecule has 0 aliphatic rings. The van der Waals surface area contributed by atoms with Crippen molar-refractivity contribution >= 4 is 28.8 Å². The fourth-order valence-electron chi connectivity index (χ4n) is 1.79. The molecule has 4 heteroatoms. The molecule has 0 radical (unpaired) electrons. The van der Waals surface area contributed by atoms with Gasteiger partial charge in [-0.25, -0.2) is 4.98 Å². The van der Waals surface area contributed by atoms with Gasteiger partial charge in [-0.1, -0.05) is 35.3 Å². The SMILES string of the molecule is C/C(=C\CCc1c(Cl)cccc1Cl)c1cnc[nH]1. The van der Waals surface area contributed by atoms with Crippen LogP contribution in [0.15, 0.2) is 36.8 Å². The van der Waals surface area contributed by atoms with Gasteiger partial charge in [-0.3, -0.25) is 0 Å². The van der Waals surface area contributed by atoms with Crippen molar-refractivity contribution in [2.75, 3.05) is 0 Å². The molecule has 2 nitrogen and oxygen atoms in total. The van der Waals surface area contributed by atoms with Crippen LogP contribution in [0.3, 0.4) is 0 Å². The lowest BCUT2D eigenvalue weighted by molar-refractivity contribution is 1.00. The molecule has 2 aromatic rings. The van der Waals surface area contributed by atoms with Gasteiger partial charge in [-0.15, -0.1) is 0 Å². The van der Waals surface area contributed by atoms with Gasteiger partial charge in [0, 0.05) is 10.0 Å². The summed E-state index contributed by atoms with van der Waals surface area (Å²) in [5.41, 5.74) is 3.23. The van der Waals surface area contributed by atoms with Gasteiger partial charge < -0.3 is 4.98 Å². The molecule has 94 valence electrons. The largest absolute Gasteiger partial charge is 0.345 e. The van der Waals surface area contributed by atoms with Gasteiger partial charge in [0.1, 0.15) is 0 Å². The van der Waals surface area contributed by atoms with Crippen molar-refractivity contribution in [2.24, 2.45) is 0 Å². The van der Waals surface area contributed by atoms with E-state index in [1.54, 1.807) is 6.33 Å². The predicted octanol–water partition coefficient (Wildman–Crippen LogP) is 4.75. The topological polar surface area (TPSA) is 28.7 Å². The van der Waals surface area contributed by atoms with Gasteiger partial charge in [0.25, 0.3) is 0 Å². The lowest BCUT2D eigenvalue weighted by Crippen LogP contribution is -1.88. The van der Waals surface area contributed by atoms with E-state index < -0.39 is 0 Å². The molecular formula is C14H14Cl2N2. The van der Waals surface area contributed by atoms with E-state index in [0.717, 1.165) is 34.1 Å². The number of H-pyrrole nitrogens is 1. The molecule has 0 aliphatic carbocycles. The third kappa shape index (κ3) is 3.15. The Labute approximate surface area is 117 Å². The molecule has 2 rings (SSSR count). The van der Waals surface area contributed by atoms with E-state index in [1.807, 2.05) is 24.4 Å². The monoisotopic (exact) mass is 280 g/mol. The first kappa shape index (κ1) is 13.2. The number of aromatic nitrogens is 2. The van der Waals surface area contributed by atoms with Crippen LogP contribution in [0.4, 0.5) is 0 Å². The maximum atomic E-state index is 6.12. The number of nitrogens with one attached hydrogen (secondary N) is 1. The lowest BCUT2D eigenvalue weighted by Gasteiger charge is -2.05. The minimum atomic E-state index is 0.732. The number of hydrogen-bond acceptors (Lipinski definition) is 1. The first-order valence-electron chi connectivity index (χ1n) is 5.77. The summed E-state index contributed by atoms with van der Waals surface area (Å²) in [6, 6.07) is 5.60. The second kappa shape index (κ2) is 6.07. The number of imidazole rings is 1. The molecule has 0 saturated heterocycles. The van der Waals surface area contributed by atoms with Crippen molar-refractivity contribution < 1.29 is 0 Å². The summed E-state index contributed by atoms with van der Waals surface area (Å²) in [5.74, 6) is 0. The van der Waals surface area contributed by atoms with Gasteiger partial charge in [0.15, 0.2) is 0 Å². The quantitative estimate of drug-likeness (QED) is 0.860. The van der Waals surface area contributed by atoms with E-state index in [1.165, 1.54) is 5.57 Å². The molecule has 0 aliphatic heterocycles. The fourth-order valence-corrected chi connectivity index (χ4v) is 2.37. The molecule has 1 aromatic carbocycles. The fraction of sp³-hybridized carbons (Fsp3) is 0.214. The zero-order valence-electron chi connectivity index (χ0n) is 10.1. The number of halogens is 2. The minimum absolute atomic E-state index is 0.732. The first-order valence-corrected chi connectivity index (χ1v) is 6.52. The number of allylic oxidation sites excluding steroid dienone is 2. The van der Waals surface area contributed by atoms with Crippen molar-refractivity contribution in [3.8, 4) is 0 Å². The van der Waals surface area contributed by atoms with Gasteiger partial charge in [-0.05, 0) is 43.0 Å². The third-order valence-electron chi connectivity index (χ3n) is 2.83. The summed E-state index contributed by atoms with van der Waals surface area (Å²) in [5, 5.41) is 1.46. The zero-order chi connectivity index (χ0) is 13.0. The van der Waals surface area contributed by atoms with E-state index in [-0.39, 0.29) is 0 Å². The minimum Gasteiger partial charge on any atom is -0.345 e. The third-order valence-corrected chi connectivity index (χ3v) is 3.54. The number of aromatic amines is 1. The Balaban J connectivity index is 2.02. The molecule has 0 spiro atoms. The lowest BCUT2D eigenvalue weighted by atomic mass is 10.1. The van der Waals surface area contributed by atoms with E-state index >= 15 is 0 Å². The van der Waals surface area contributed by atoms with E-state index in [4.69, 9.17) is 23.2 Å². The summed E-state index contributed by atoms with van der Waals surface area (Å²) in [4.78, 5) is 7.08. The average molecular weight is 281 g/mol. The Kier molecular flexibility index (Phi) is 4.45. The molecule has 0 fully saturated rings. The number of hydrogen-bond donors (Lipinski definition) is 1. The molecule has 0 amide bonds. The molecular weight excluding hydrogens is 267 g/mol. The maximum absolute atomic E-state index is 6.12. The summed E-state index contributed by atoms with van der Waals surface area (Å²) in [7, 11) is 0. The van der Waals surface area contributed by atoms with Gasteiger partial charge in [-0.2, -0.15) is 0 Å². The second-order valence-corrected chi connectivity index (χ2v) is 4.91. The molecule has 1 aromatic heterocycles. The Hall–Kier alpha value is -1.25. The van der Waals surface area contributed by atoms with Crippen LogP contribution in [-0.4, -0.2) is 9.97 Å². The van der Waals surface area contributed by atoms with Crippen LogP contribution in [0.2, 0.25) is 10.0 Å². The van der Waals surface area contributed by atoms with Crippen LogP contribution >= 0.6 is 23.2 Å². The summed E-state index contributed by atoms with van der Waals surface area (Å²) >= 11 is 12.2. The highest BCUT2D eigenvalue weighted by Gasteiger charge is 2.04. The molecule has 18 heavy (non-hydrogen) atoms. The van der Waals surface area contributed by atoms with E-state index in [9.17, 15) is 0 Å². The zero-order valence-corrected chi connectivity index (χ0v) is 11.6. The average Bonchev–Trinajstić information content (AvgIpc) is 2.86. The first-order chi connectivity index (χ1) is 8.68. The standard InChI is InChI=1S/C14H14Cl2N2/c1-10(14-8-17-9-18-14)4-2-5-11-12(15)6-3-7-13(11)16/h3-4,6-9H,2,5H2,1H3,(H,17,18)/b10-4+. The highest BCUT2D eigenvalue weighted by atomic mass is 35.5. The second-order valence-electron chi connectivity index (χ2n) is 4.09. The van der Waals surface area contributed by atoms with Gasteiger partial charge >= 0.3 is 0 Å². The van der Waals surface area contributed by atoms with Crippen molar-refractivity contribution in [3.05, 3.63) is 58.1 Å². The van der Waals surface area contributed by atoms with Crippen molar-refractivity contribution in [1.29, 1.82) is 0 Å². The van der Waals surface area contributed by atoms with Crippen LogP contribution in [0.25, 0.3) is 5.57 Å². The normalized spacial score (nSPS) is 11.8. The maximum Gasteiger partial charge on any atom is 0.0924 e. The molecule has 0 saturated carbocycles. The molecule has 1 heterocycles. The summed E-state index contributed by atoms with van der Waals surface area (Å²) < 4.78 is 0. The van der Waals surface area contributed by atoms with Crippen molar-refractivity contribution in [3.63, 3.8) is 0 Å². The van der Waals surface area contributed by atoms with Crippen molar-refractivity contribution in [1.82, 2.24) is 9.97 Å². The highest BCUT2D eigenvalue weighted by Crippen LogP contribution is 2.26. The summed E-state index contributed by atoms with van der Waals surface area (Å²) in [6.45, 7) is 2.06. The summed E-state index contributed by atoms with van der Waals surface area (Å²) in [6.07, 6.45) is 7.39.